The fraction of sp³-hybridized carbons (Fsp3) is 0.387. The lowest BCUT2D eigenvalue weighted by Gasteiger charge is -2.28. The van der Waals surface area contributed by atoms with Crippen LogP contribution in [0.25, 0.3) is 10.9 Å². The lowest BCUT2D eigenvalue weighted by Crippen LogP contribution is -2.54. The fourth-order valence-electron chi connectivity index (χ4n) is 5.07. The van der Waals surface area contributed by atoms with Crippen LogP contribution in [-0.2, 0) is 14.3 Å². The van der Waals surface area contributed by atoms with Crippen LogP contribution in [0.15, 0.2) is 54.6 Å². The van der Waals surface area contributed by atoms with E-state index in [0.29, 0.717) is 36.3 Å². The lowest BCUT2D eigenvalue weighted by atomic mass is 9.94. The number of hydrogen-bond acceptors (Lipinski definition) is 7. The second-order valence-corrected chi connectivity index (χ2v) is 10.8. The van der Waals surface area contributed by atoms with Gasteiger partial charge in [-0.05, 0) is 55.5 Å². The minimum Gasteiger partial charge on any atom is -0.496 e. The standard InChI is InChI=1S/C31H36N6O6/c1-18(2)14-24(37-30(40)25-16-21-22(35-25)10-7-11-26(21)42-3)29(39)36-23(15-19-12-13-33-28(19)38)27(17-32)43-31(41)34-20-8-5-4-6-9-20/h4-11,16,18-19,23-24,27,35H,12-15H2,1-3H3,(H,33,38)(H,34,41)(H,36,39)(H,37,40)/t19-,23-,24-,27?/m0/s1. The van der Waals surface area contributed by atoms with Crippen molar-refractivity contribution in [2.75, 3.05) is 19.0 Å². The monoisotopic (exact) mass is 588 g/mol. The number of H-pyrrole nitrogens is 1. The van der Waals surface area contributed by atoms with Gasteiger partial charge < -0.3 is 30.4 Å². The average Bonchev–Trinajstić information content (AvgIpc) is 3.61. The highest BCUT2D eigenvalue weighted by Crippen LogP contribution is 2.26. The molecule has 1 fully saturated rings. The molecule has 226 valence electrons. The van der Waals surface area contributed by atoms with Crippen LogP contribution in [-0.4, -0.2) is 60.6 Å². The zero-order valence-electron chi connectivity index (χ0n) is 24.3. The van der Waals surface area contributed by atoms with Crippen molar-refractivity contribution in [1.29, 1.82) is 5.26 Å². The van der Waals surface area contributed by atoms with Crippen molar-refractivity contribution in [3.05, 3.63) is 60.3 Å². The summed E-state index contributed by atoms with van der Waals surface area (Å²) < 4.78 is 10.8. The number of fused-ring (bicyclic) bond motifs is 1. The summed E-state index contributed by atoms with van der Waals surface area (Å²) in [6.45, 7) is 4.30. The van der Waals surface area contributed by atoms with Crippen molar-refractivity contribution in [2.45, 2.75) is 51.3 Å². The molecule has 2 aromatic carbocycles. The Morgan fingerprint density at radius 1 is 1.09 bits per heavy atom. The zero-order chi connectivity index (χ0) is 30.9. The number of amides is 4. The largest absolute Gasteiger partial charge is 0.496 e. The van der Waals surface area contributed by atoms with E-state index in [1.165, 1.54) is 0 Å². The summed E-state index contributed by atoms with van der Waals surface area (Å²) in [6, 6.07) is 15.6. The average molecular weight is 589 g/mol. The molecule has 3 aromatic rings. The summed E-state index contributed by atoms with van der Waals surface area (Å²) in [5, 5.41) is 21.6. The summed E-state index contributed by atoms with van der Waals surface area (Å²) in [7, 11) is 1.54. The van der Waals surface area contributed by atoms with Gasteiger partial charge in [0.15, 0.2) is 0 Å². The molecule has 1 saturated heterocycles. The van der Waals surface area contributed by atoms with E-state index in [4.69, 9.17) is 9.47 Å². The zero-order valence-corrected chi connectivity index (χ0v) is 24.3. The number of carbonyl (C=O) groups excluding carboxylic acids is 4. The van der Waals surface area contributed by atoms with E-state index in [2.05, 4.69) is 26.3 Å². The number of hydrogen-bond donors (Lipinski definition) is 5. The smallest absolute Gasteiger partial charge is 0.413 e. The number of benzene rings is 2. The summed E-state index contributed by atoms with van der Waals surface area (Å²) >= 11 is 0. The number of nitriles is 1. The SMILES string of the molecule is COc1cccc2[nH]c(C(=O)N[C@@H](CC(C)C)C(=O)N[C@@H](C[C@@H]3CCNC3=O)C(C#N)OC(=O)Nc3ccccc3)cc12. The maximum absolute atomic E-state index is 13.7. The first kappa shape index (κ1) is 30.9. The lowest BCUT2D eigenvalue weighted by molar-refractivity contribution is -0.126. The van der Waals surface area contributed by atoms with Gasteiger partial charge in [-0.25, -0.2) is 4.79 Å². The highest BCUT2D eigenvalue weighted by molar-refractivity contribution is 6.01. The molecule has 5 N–H and O–H groups in total. The molecule has 4 rings (SSSR count). The Labute approximate surface area is 249 Å². The molecule has 1 aliphatic rings. The van der Waals surface area contributed by atoms with Crippen LogP contribution in [0.1, 0.15) is 43.6 Å². The summed E-state index contributed by atoms with van der Waals surface area (Å²) in [6.07, 6.45) is -1.41. The van der Waals surface area contributed by atoms with Gasteiger partial charge in [-0.3, -0.25) is 19.7 Å². The van der Waals surface area contributed by atoms with Gasteiger partial charge in [-0.1, -0.05) is 38.1 Å². The molecule has 0 spiro atoms. The Kier molecular flexibility index (Phi) is 10.2. The quantitative estimate of drug-likeness (QED) is 0.215. The van der Waals surface area contributed by atoms with E-state index in [1.54, 1.807) is 55.6 Å². The molecule has 12 heteroatoms. The number of aromatic nitrogens is 1. The number of rotatable bonds is 12. The highest BCUT2D eigenvalue weighted by Gasteiger charge is 2.36. The maximum Gasteiger partial charge on any atom is 0.413 e. The number of methoxy groups -OCH3 is 1. The molecular formula is C31H36N6O6. The first-order chi connectivity index (χ1) is 20.7. The summed E-state index contributed by atoms with van der Waals surface area (Å²) in [5.41, 5.74) is 1.41. The Balaban J connectivity index is 1.52. The van der Waals surface area contributed by atoms with Crippen molar-refractivity contribution in [3.8, 4) is 11.8 Å². The molecule has 0 saturated carbocycles. The normalized spacial score (nSPS) is 16.4. The third-order valence-electron chi connectivity index (χ3n) is 7.19. The molecule has 0 aliphatic carbocycles. The van der Waals surface area contributed by atoms with Crippen molar-refractivity contribution >= 4 is 40.4 Å². The number of aromatic amines is 1. The second-order valence-electron chi connectivity index (χ2n) is 10.8. The van der Waals surface area contributed by atoms with Crippen LogP contribution in [0, 0.1) is 23.2 Å². The fourth-order valence-corrected chi connectivity index (χ4v) is 5.07. The number of para-hydroxylation sites is 1. The van der Waals surface area contributed by atoms with Gasteiger partial charge in [0, 0.05) is 29.1 Å². The van der Waals surface area contributed by atoms with Crippen LogP contribution in [0.2, 0.25) is 0 Å². The van der Waals surface area contributed by atoms with Crippen LogP contribution < -0.4 is 26.0 Å². The van der Waals surface area contributed by atoms with E-state index in [9.17, 15) is 24.4 Å². The molecule has 1 aliphatic heterocycles. The number of anilines is 1. The van der Waals surface area contributed by atoms with E-state index >= 15 is 0 Å². The molecule has 2 heterocycles. The van der Waals surface area contributed by atoms with Gasteiger partial charge in [-0.2, -0.15) is 5.26 Å². The first-order valence-electron chi connectivity index (χ1n) is 14.2. The van der Waals surface area contributed by atoms with Crippen LogP contribution in [0.4, 0.5) is 10.5 Å². The van der Waals surface area contributed by atoms with E-state index in [-0.39, 0.29) is 23.9 Å². The Bertz CT molecular complexity index is 1500. The third kappa shape index (κ3) is 8.03. The maximum atomic E-state index is 13.7. The summed E-state index contributed by atoms with van der Waals surface area (Å²) in [5.74, 6) is -1.13. The molecule has 43 heavy (non-hydrogen) atoms. The van der Waals surface area contributed by atoms with Gasteiger partial charge in [0.1, 0.15) is 23.6 Å². The van der Waals surface area contributed by atoms with Crippen molar-refractivity contribution < 1.29 is 28.7 Å². The van der Waals surface area contributed by atoms with Crippen LogP contribution in [0.5, 0.6) is 5.75 Å². The Hall–Kier alpha value is -5.05. The Morgan fingerprint density at radius 3 is 2.51 bits per heavy atom. The Morgan fingerprint density at radius 2 is 1.86 bits per heavy atom. The molecule has 4 atom stereocenters. The molecule has 0 bridgehead atoms. The number of ether oxygens (including phenoxy) is 2. The minimum atomic E-state index is -1.40. The molecule has 1 unspecified atom stereocenters. The molecule has 0 radical (unpaired) electrons. The van der Waals surface area contributed by atoms with E-state index < -0.39 is 42.0 Å². The molecule has 1 aromatic heterocycles. The number of carbonyl (C=O) groups is 4. The molecular weight excluding hydrogens is 552 g/mol. The molecule has 12 nitrogen and oxygen atoms in total. The van der Waals surface area contributed by atoms with Crippen LogP contribution >= 0.6 is 0 Å². The molecule has 4 amide bonds. The van der Waals surface area contributed by atoms with Crippen molar-refractivity contribution in [3.63, 3.8) is 0 Å². The number of nitrogens with zero attached hydrogens (tertiary/aromatic N) is 1. The predicted octanol–water partition coefficient (Wildman–Crippen LogP) is 3.47. The van der Waals surface area contributed by atoms with Crippen molar-refractivity contribution in [1.82, 2.24) is 20.9 Å². The van der Waals surface area contributed by atoms with Crippen LogP contribution in [0.3, 0.4) is 0 Å². The highest BCUT2D eigenvalue weighted by atomic mass is 16.6. The van der Waals surface area contributed by atoms with E-state index in [1.807, 2.05) is 26.0 Å². The second kappa shape index (κ2) is 14.2. The minimum absolute atomic E-state index is 0.0255. The number of nitrogens with one attached hydrogen (secondary N) is 5. The summed E-state index contributed by atoms with van der Waals surface area (Å²) in [4.78, 5) is 55.0. The van der Waals surface area contributed by atoms with Gasteiger partial charge in [0.25, 0.3) is 5.91 Å². The van der Waals surface area contributed by atoms with Gasteiger partial charge in [-0.15, -0.1) is 0 Å². The first-order valence-corrected chi connectivity index (χ1v) is 14.2. The topological polar surface area (TPSA) is 174 Å². The van der Waals surface area contributed by atoms with E-state index in [0.717, 1.165) is 5.39 Å². The predicted molar refractivity (Wildman–Crippen MR) is 159 cm³/mol. The third-order valence-corrected chi connectivity index (χ3v) is 7.19. The van der Waals surface area contributed by atoms with Gasteiger partial charge in [0.2, 0.25) is 17.9 Å². The van der Waals surface area contributed by atoms with Gasteiger partial charge >= 0.3 is 6.09 Å². The van der Waals surface area contributed by atoms with Gasteiger partial charge in [0.05, 0.1) is 13.2 Å². The van der Waals surface area contributed by atoms with Crippen molar-refractivity contribution in [2.24, 2.45) is 11.8 Å².